The molecule has 2 rings (SSSR count). The highest BCUT2D eigenvalue weighted by Crippen LogP contribution is 2.16. The molecule has 0 fully saturated rings. The molecule has 94 valence electrons. The van der Waals surface area contributed by atoms with Crippen molar-refractivity contribution in [3.05, 3.63) is 35.4 Å². The van der Waals surface area contributed by atoms with Crippen molar-refractivity contribution in [2.24, 2.45) is 0 Å². The van der Waals surface area contributed by atoms with Crippen molar-refractivity contribution in [3.8, 4) is 12.3 Å². The van der Waals surface area contributed by atoms with Gasteiger partial charge in [-0.05, 0) is 31.4 Å². The second-order valence-electron chi connectivity index (χ2n) is 5.16. The van der Waals surface area contributed by atoms with Crippen LogP contribution in [0, 0.1) is 12.3 Å². The van der Waals surface area contributed by atoms with E-state index < -0.39 is 5.54 Å². The summed E-state index contributed by atoms with van der Waals surface area (Å²) < 4.78 is 0. The number of carbonyl (C=O) groups excluding carboxylic acids is 1. The third kappa shape index (κ3) is 2.72. The Morgan fingerprint density at radius 3 is 2.78 bits per heavy atom. The zero-order valence-electron chi connectivity index (χ0n) is 10.8. The van der Waals surface area contributed by atoms with Gasteiger partial charge in [-0.1, -0.05) is 30.2 Å². The summed E-state index contributed by atoms with van der Waals surface area (Å²) in [6.07, 6.45) is 6.09. The predicted octanol–water partition coefficient (Wildman–Crippen LogP) is 1.23. The van der Waals surface area contributed by atoms with Crippen molar-refractivity contribution < 1.29 is 4.79 Å². The van der Waals surface area contributed by atoms with E-state index in [0.29, 0.717) is 6.42 Å². The lowest BCUT2D eigenvalue weighted by atomic mass is 9.95. The van der Waals surface area contributed by atoms with Crippen LogP contribution in [-0.4, -0.2) is 17.5 Å². The number of fused-ring (bicyclic) bond motifs is 1. The first-order valence-electron chi connectivity index (χ1n) is 6.12. The molecule has 1 aliphatic rings. The number of terminal acetylenes is 1. The SMILES string of the molecule is C#CC(C)(C)NC(=O)C1Cc2ccccc2CN1. The number of benzene rings is 1. The van der Waals surface area contributed by atoms with Crippen molar-refractivity contribution in [3.63, 3.8) is 0 Å². The Morgan fingerprint density at radius 1 is 1.44 bits per heavy atom. The second-order valence-corrected chi connectivity index (χ2v) is 5.16. The molecule has 2 N–H and O–H groups in total. The molecule has 1 atom stereocenters. The summed E-state index contributed by atoms with van der Waals surface area (Å²) in [6.45, 7) is 4.37. The number of rotatable bonds is 2. The maximum Gasteiger partial charge on any atom is 0.238 e. The molecule has 1 heterocycles. The van der Waals surface area contributed by atoms with Gasteiger partial charge in [0.25, 0.3) is 0 Å². The van der Waals surface area contributed by atoms with Crippen LogP contribution in [0.3, 0.4) is 0 Å². The fraction of sp³-hybridized carbons (Fsp3) is 0.400. The molecule has 1 aromatic carbocycles. The van der Waals surface area contributed by atoms with Gasteiger partial charge in [0.2, 0.25) is 5.91 Å². The molecule has 1 amide bonds. The van der Waals surface area contributed by atoms with Crippen LogP contribution >= 0.6 is 0 Å². The fourth-order valence-corrected chi connectivity index (χ4v) is 2.07. The monoisotopic (exact) mass is 242 g/mol. The normalized spacial score (nSPS) is 18.6. The molecule has 0 saturated carbocycles. The van der Waals surface area contributed by atoms with Gasteiger partial charge in [0.1, 0.15) is 0 Å². The largest absolute Gasteiger partial charge is 0.339 e. The minimum Gasteiger partial charge on any atom is -0.339 e. The Hall–Kier alpha value is -1.79. The summed E-state index contributed by atoms with van der Waals surface area (Å²) in [4.78, 5) is 12.1. The lowest BCUT2D eigenvalue weighted by molar-refractivity contribution is -0.124. The summed E-state index contributed by atoms with van der Waals surface area (Å²) >= 11 is 0. The van der Waals surface area contributed by atoms with Gasteiger partial charge in [0, 0.05) is 6.54 Å². The fourth-order valence-electron chi connectivity index (χ4n) is 2.07. The van der Waals surface area contributed by atoms with Crippen LogP contribution in [0.25, 0.3) is 0 Å². The summed E-state index contributed by atoms with van der Waals surface area (Å²) in [5, 5.41) is 6.11. The number of hydrogen-bond donors (Lipinski definition) is 2. The number of nitrogens with one attached hydrogen (secondary N) is 2. The van der Waals surface area contributed by atoms with E-state index in [1.54, 1.807) is 0 Å². The van der Waals surface area contributed by atoms with Crippen LogP contribution in [-0.2, 0) is 17.8 Å². The molecular weight excluding hydrogens is 224 g/mol. The molecule has 3 heteroatoms. The Kier molecular flexibility index (Phi) is 3.40. The number of hydrogen-bond acceptors (Lipinski definition) is 2. The van der Waals surface area contributed by atoms with Crippen molar-refractivity contribution in [1.29, 1.82) is 0 Å². The average Bonchev–Trinajstić information content (AvgIpc) is 2.37. The van der Waals surface area contributed by atoms with Crippen LogP contribution < -0.4 is 10.6 Å². The molecule has 0 aliphatic carbocycles. The third-order valence-corrected chi connectivity index (χ3v) is 3.19. The maximum atomic E-state index is 12.1. The summed E-state index contributed by atoms with van der Waals surface area (Å²) in [5.74, 6) is 2.54. The molecule has 1 aliphatic heterocycles. The van der Waals surface area contributed by atoms with Crippen molar-refractivity contribution in [2.45, 2.75) is 38.4 Å². The van der Waals surface area contributed by atoms with Crippen molar-refractivity contribution in [2.75, 3.05) is 0 Å². The Morgan fingerprint density at radius 2 is 2.11 bits per heavy atom. The Balaban J connectivity index is 2.06. The lowest BCUT2D eigenvalue weighted by Crippen LogP contribution is -2.53. The van der Waals surface area contributed by atoms with Crippen LogP contribution in [0.1, 0.15) is 25.0 Å². The Bertz CT molecular complexity index is 499. The standard InChI is InChI=1S/C15H18N2O/c1-4-15(2,3)17-14(18)13-9-11-7-5-6-8-12(11)10-16-13/h1,5-8,13,16H,9-10H2,2-3H3,(H,17,18). The van der Waals surface area contributed by atoms with Crippen molar-refractivity contribution in [1.82, 2.24) is 10.6 Å². The number of amides is 1. The molecular formula is C15H18N2O. The number of carbonyl (C=O) groups is 1. The van der Waals surface area contributed by atoms with E-state index >= 15 is 0 Å². The van der Waals surface area contributed by atoms with Crippen LogP contribution in [0.15, 0.2) is 24.3 Å². The molecule has 0 bridgehead atoms. The van der Waals surface area contributed by atoms with Gasteiger partial charge in [-0.25, -0.2) is 0 Å². The van der Waals surface area contributed by atoms with E-state index in [9.17, 15) is 4.79 Å². The third-order valence-electron chi connectivity index (χ3n) is 3.19. The van der Waals surface area contributed by atoms with Gasteiger partial charge < -0.3 is 10.6 Å². The molecule has 0 spiro atoms. The van der Waals surface area contributed by atoms with Crippen LogP contribution in [0.4, 0.5) is 0 Å². The van der Waals surface area contributed by atoms with E-state index in [-0.39, 0.29) is 11.9 Å². The molecule has 1 aromatic rings. The maximum absolute atomic E-state index is 12.1. The average molecular weight is 242 g/mol. The van der Waals surface area contributed by atoms with E-state index in [4.69, 9.17) is 6.42 Å². The molecule has 1 unspecified atom stereocenters. The topological polar surface area (TPSA) is 41.1 Å². The van der Waals surface area contributed by atoms with E-state index in [1.165, 1.54) is 11.1 Å². The van der Waals surface area contributed by atoms with E-state index in [0.717, 1.165) is 6.54 Å². The highest BCUT2D eigenvalue weighted by Gasteiger charge is 2.27. The highest BCUT2D eigenvalue weighted by molar-refractivity contribution is 5.83. The van der Waals surface area contributed by atoms with Crippen molar-refractivity contribution >= 4 is 5.91 Å². The molecule has 3 nitrogen and oxygen atoms in total. The van der Waals surface area contributed by atoms with E-state index in [1.807, 2.05) is 26.0 Å². The minimum absolute atomic E-state index is 0.0348. The van der Waals surface area contributed by atoms with Gasteiger partial charge >= 0.3 is 0 Å². The molecule has 0 radical (unpaired) electrons. The zero-order valence-corrected chi connectivity index (χ0v) is 10.8. The lowest BCUT2D eigenvalue weighted by Gasteiger charge is -2.28. The first-order chi connectivity index (χ1) is 8.52. The van der Waals surface area contributed by atoms with Gasteiger partial charge in [-0.15, -0.1) is 6.42 Å². The molecule has 18 heavy (non-hydrogen) atoms. The van der Waals surface area contributed by atoms with E-state index in [2.05, 4.69) is 28.7 Å². The van der Waals surface area contributed by atoms with Gasteiger partial charge in [0.05, 0.1) is 11.6 Å². The summed E-state index contributed by atoms with van der Waals surface area (Å²) in [6, 6.07) is 7.98. The van der Waals surface area contributed by atoms with Gasteiger partial charge in [0.15, 0.2) is 0 Å². The summed E-state index contributed by atoms with van der Waals surface area (Å²) in [7, 11) is 0. The Labute approximate surface area is 108 Å². The van der Waals surface area contributed by atoms with Gasteiger partial charge in [-0.3, -0.25) is 4.79 Å². The van der Waals surface area contributed by atoms with Crippen LogP contribution in [0.2, 0.25) is 0 Å². The first-order valence-corrected chi connectivity index (χ1v) is 6.12. The molecule has 0 saturated heterocycles. The second kappa shape index (κ2) is 4.83. The smallest absolute Gasteiger partial charge is 0.238 e. The molecule has 0 aromatic heterocycles. The minimum atomic E-state index is -0.601. The quantitative estimate of drug-likeness (QED) is 0.766. The van der Waals surface area contributed by atoms with Gasteiger partial charge in [-0.2, -0.15) is 0 Å². The zero-order chi connectivity index (χ0) is 13.2. The predicted molar refractivity (Wildman–Crippen MR) is 71.8 cm³/mol. The van der Waals surface area contributed by atoms with Crippen LogP contribution in [0.5, 0.6) is 0 Å². The highest BCUT2D eigenvalue weighted by atomic mass is 16.2. The summed E-state index contributed by atoms with van der Waals surface area (Å²) in [5.41, 5.74) is 1.89. The first kappa shape index (κ1) is 12.7.